The van der Waals surface area contributed by atoms with E-state index in [4.69, 9.17) is 10.5 Å². The molecule has 1 amide bonds. The predicted molar refractivity (Wildman–Crippen MR) is 76.0 cm³/mol. The van der Waals surface area contributed by atoms with E-state index in [1.54, 1.807) is 6.92 Å². The Hall–Kier alpha value is -1.87. The maximum absolute atomic E-state index is 12.5. The summed E-state index contributed by atoms with van der Waals surface area (Å²) in [5.74, 6) is -0.0228. The van der Waals surface area contributed by atoms with Crippen molar-refractivity contribution in [2.24, 2.45) is 0 Å². The maximum atomic E-state index is 12.5. The highest BCUT2D eigenvalue weighted by Crippen LogP contribution is 2.21. The lowest BCUT2D eigenvalue weighted by atomic mass is 10.4. The Morgan fingerprint density at radius 2 is 2.05 bits per heavy atom. The van der Waals surface area contributed by atoms with Crippen LogP contribution in [0.5, 0.6) is 0 Å². The topological polar surface area (TPSA) is 106 Å². The Labute approximate surface area is 123 Å². The number of nitrogens with zero attached hydrogens (tertiary/aromatic N) is 3. The van der Waals surface area contributed by atoms with Gasteiger partial charge in [-0.3, -0.25) is 0 Å². The number of pyridine rings is 1. The Morgan fingerprint density at radius 1 is 1.38 bits per heavy atom. The molecule has 1 aromatic rings. The van der Waals surface area contributed by atoms with E-state index in [2.05, 4.69) is 4.98 Å². The number of sulfonamides is 1. The van der Waals surface area contributed by atoms with Crippen molar-refractivity contribution in [1.29, 1.82) is 0 Å². The van der Waals surface area contributed by atoms with Gasteiger partial charge in [0.25, 0.3) is 0 Å². The normalized spacial score (nSPS) is 16.7. The van der Waals surface area contributed by atoms with Crippen molar-refractivity contribution in [3.8, 4) is 0 Å². The number of piperazine rings is 1. The number of amides is 1. The molecule has 0 saturated carbocycles. The highest BCUT2D eigenvalue weighted by molar-refractivity contribution is 7.89. The van der Waals surface area contributed by atoms with E-state index < -0.39 is 16.1 Å². The summed E-state index contributed by atoms with van der Waals surface area (Å²) >= 11 is 0. The van der Waals surface area contributed by atoms with Gasteiger partial charge in [0, 0.05) is 32.4 Å². The molecule has 1 aromatic heterocycles. The number of hydrogen-bond acceptors (Lipinski definition) is 6. The molecule has 21 heavy (non-hydrogen) atoms. The van der Waals surface area contributed by atoms with E-state index in [1.807, 2.05) is 0 Å². The van der Waals surface area contributed by atoms with Gasteiger partial charge in [0.1, 0.15) is 10.7 Å². The van der Waals surface area contributed by atoms with Crippen LogP contribution in [0.4, 0.5) is 10.6 Å². The molecular weight excluding hydrogens is 296 g/mol. The Balaban J connectivity index is 2.08. The first-order valence-electron chi connectivity index (χ1n) is 6.59. The first kappa shape index (κ1) is 15.5. The average Bonchev–Trinajstić information content (AvgIpc) is 2.48. The van der Waals surface area contributed by atoms with E-state index in [0.29, 0.717) is 6.61 Å². The molecule has 116 valence electrons. The molecule has 2 N–H and O–H groups in total. The highest BCUT2D eigenvalue weighted by atomic mass is 32.2. The molecule has 0 spiro atoms. The quantitative estimate of drug-likeness (QED) is 0.850. The summed E-state index contributed by atoms with van der Waals surface area (Å²) in [6.07, 6.45) is 1.02. The largest absolute Gasteiger partial charge is 0.450 e. The van der Waals surface area contributed by atoms with E-state index in [0.717, 1.165) is 0 Å². The zero-order chi connectivity index (χ0) is 15.5. The van der Waals surface area contributed by atoms with E-state index >= 15 is 0 Å². The lowest BCUT2D eigenvalue weighted by Crippen LogP contribution is -2.50. The van der Waals surface area contributed by atoms with Gasteiger partial charge in [0.05, 0.1) is 6.61 Å². The summed E-state index contributed by atoms with van der Waals surface area (Å²) in [5, 5.41) is 0. The summed E-state index contributed by atoms with van der Waals surface area (Å²) in [7, 11) is -3.69. The zero-order valence-electron chi connectivity index (χ0n) is 11.7. The van der Waals surface area contributed by atoms with Crippen molar-refractivity contribution in [2.45, 2.75) is 11.8 Å². The van der Waals surface area contributed by atoms with Crippen LogP contribution >= 0.6 is 0 Å². The fourth-order valence-electron chi connectivity index (χ4n) is 2.09. The molecule has 1 aliphatic heterocycles. The molecule has 0 aromatic carbocycles. The fraction of sp³-hybridized carbons (Fsp3) is 0.500. The number of nitrogens with two attached hydrogens (primary N) is 1. The Morgan fingerprint density at radius 3 is 2.62 bits per heavy atom. The minimum Gasteiger partial charge on any atom is -0.450 e. The van der Waals surface area contributed by atoms with Gasteiger partial charge in [-0.25, -0.2) is 18.2 Å². The lowest BCUT2D eigenvalue weighted by Gasteiger charge is -2.33. The van der Waals surface area contributed by atoms with Crippen LogP contribution < -0.4 is 5.73 Å². The smallest absolute Gasteiger partial charge is 0.409 e. The van der Waals surface area contributed by atoms with Gasteiger partial charge >= 0.3 is 6.09 Å². The van der Waals surface area contributed by atoms with Crippen LogP contribution in [0.1, 0.15) is 6.92 Å². The third-order valence-electron chi connectivity index (χ3n) is 3.18. The molecule has 0 atom stereocenters. The molecule has 0 unspecified atom stereocenters. The molecule has 1 aliphatic rings. The van der Waals surface area contributed by atoms with E-state index in [1.165, 1.54) is 27.5 Å². The summed E-state index contributed by atoms with van der Waals surface area (Å²) in [6.45, 7) is 3.01. The van der Waals surface area contributed by atoms with Crippen molar-refractivity contribution in [3.63, 3.8) is 0 Å². The van der Waals surface area contributed by atoms with Gasteiger partial charge in [-0.05, 0) is 19.1 Å². The number of carbonyl (C=O) groups excluding carboxylic acids is 1. The number of aromatic nitrogens is 1. The average molecular weight is 314 g/mol. The fourth-order valence-corrected chi connectivity index (χ4v) is 3.58. The zero-order valence-corrected chi connectivity index (χ0v) is 12.5. The second-order valence-electron chi connectivity index (χ2n) is 4.48. The first-order chi connectivity index (χ1) is 9.96. The van der Waals surface area contributed by atoms with Gasteiger partial charge in [-0.1, -0.05) is 0 Å². The van der Waals surface area contributed by atoms with Crippen LogP contribution in [0.2, 0.25) is 0 Å². The van der Waals surface area contributed by atoms with Crippen molar-refractivity contribution in [3.05, 3.63) is 18.3 Å². The van der Waals surface area contributed by atoms with Crippen molar-refractivity contribution in [1.82, 2.24) is 14.2 Å². The minimum atomic E-state index is -3.69. The molecule has 8 nitrogen and oxygen atoms in total. The summed E-state index contributed by atoms with van der Waals surface area (Å²) < 4.78 is 31.2. The number of anilines is 1. The Kier molecular flexibility index (Phi) is 4.63. The monoisotopic (exact) mass is 314 g/mol. The van der Waals surface area contributed by atoms with Crippen LogP contribution in [0.15, 0.2) is 23.2 Å². The molecule has 0 bridgehead atoms. The Bertz CT molecular complexity index is 611. The number of nitrogen functional groups attached to an aromatic ring is 1. The minimum absolute atomic E-state index is 0.00501. The second-order valence-corrected chi connectivity index (χ2v) is 6.38. The lowest BCUT2D eigenvalue weighted by molar-refractivity contribution is 0.0934. The standard InChI is InChI=1S/C12H18N4O4S/c1-2-20-12(17)15-6-8-16(9-7-15)21(18,19)10-4-3-5-14-11(10)13/h3-5H,2,6-9H2,1H3,(H2,13,14). The third kappa shape index (κ3) is 3.24. The van der Waals surface area contributed by atoms with Gasteiger partial charge in [0.15, 0.2) is 0 Å². The SMILES string of the molecule is CCOC(=O)N1CCN(S(=O)(=O)c2cccnc2N)CC1. The van der Waals surface area contributed by atoms with Crippen molar-refractivity contribution in [2.75, 3.05) is 38.5 Å². The maximum Gasteiger partial charge on any atom is 0.409 e. The summed E-state index contributed by atoms with van der Waals surface area (Å²) in [4.78, 5) is 16.9. The number of carbonyl (C=O) groups is 1. The number of ether oxygens (including phenoxy) is 1. The summed E-state index contributed by atoms with van der Waals surface area (Å²) in [5.41, 5.74) is 5.63. The summed E-state index contributed by atoms with van der Waals surface area (Å²) in [6, 6.07) is 2.95. The highest BCUT2D eigenvalue weighted by Gasteiger charge is 2.31. The van der Waals surface area contributed by atoms with E-state index in [9.17, 15) is 13.2 Å². The van der Waals surface area contributed by atoms with Gasteiger partial charge in [-0.2, -0.15) is 4.31 Å². The van der Waals surface area contributed by atoms with Crippen LogP contribution in [0.3, 0.4) is 0 Å². The van der Waals surface area contributed by atoms with Crippen LogP contribution in [-0.4, -0.2) is 61.5 Å². The van der Waals surface area contributed by atoms with E-state index in [-0.39, 0.29) is 36.9 Å². The molecule has 2 heterocycles. The van der Waals surface area contributed by atoms with Gasteiger partial charge in [0.2, 0.25) is 10.0 Å². The van der Waals surface area contributed by atoms with Gasteiger partial charge in [-0.15, -0.1) is 0 Å². The molecule has 1 saturated heterocycles. The molecule has 9 heteroatoms. The molecule has 1 fully saturated rings. The molecule has 2 rings (SSSR count). The number of rotatable bonds is 3. The molecule has 0 radical (unpaired) electrons. The second kappa shape index (κ2) is 6.27. The first-order valence-corrected chi connectivity index (χ1v) is 8.03. The van der Waals surface area contributed by atoms with Crippen LogP contribution in [-0.2, 0) is 14.8 Å². The molecular formula is C12H18N4O4S. The van der Waals surface area contributed by atoms with Crippen LogP contribution in [0, 0.1) is 0 Å². The number of hydrogen-bond donors (Lipinski definition) is 1. The van der Waals surface area contributed by atoms with Crippen molar-refractivity contribution < 1.29 is 17.9 Å². The third-order valence-corrected chi connectivity index (χ3v) is 5.13. The predicted octanol–water partition coefficient (Wildman–Crippen LogP) is 0.127. The van der Waals surface area contributed by atoms with Gasteiger partial charge < -0.3 is 15.4 Å². The van der Waals surface area contributed by atoms with Crippen LogP contribution in [0.25, 0.3) is 0 Å². The van der Waals surface area contributed by atoms with Crippen molar-refractivity contribution >= 4 is 21.9 Å². The molecule has 0 aliphatic carbocycles.